The lowest BCUT2D eigenvalue weighted by atomic mass is 9.92. The molecule has 0 aliphatic rings. The fraction of sp³-hybridized carbons (Fsp3) is 0. The maximum Gasteiger partial charge on any atom is 0.159 e. The number of hydrogen-bond donors (Lipinski definition) is 0. The highest BCUT2D eigenvalue weighted by atomic mass is 16.3. The third-order valence-electron chi connectivity index (χ3n) is 11.5. The second-order valence-electron chi connectivity index (χ2n) is 14.5. The molecule has 3 heteroatoms. The monoisotopic (exact) mass is 700 g/mol. The number of furan rings is 1. The van der Waals surface area contributed by atoms with E-state index in [2.05, 4.69) is 197 Å². The lowest BCUT2D eigenvalue weighted by Crippen LogP contribution is -1.94. The summed E-state index contributed by atoms with van der Waals surface area (Å²) >= 11 is 0. The van der Waals surface area contributed by atoms with Gasteiger partial charge in [0.25, 0.3) is 0 Å². The van der Waals surface area contributed by atoms with Gasteiger partial charge in [0.15, 0.2) is 5.58 Å². The molecule has 3 heterocycles. The van der Waals surface area contributed by atoms with Crippen LogP contribution in [0.4, 0.5) is 0 Å². The van der Waals surface area contributed by atoms with E-state index >= 15 is 0 Å². The lowest BCUT2D eigenvalue weighted by molar-refractivity contribution is 0.666. The molecule has 0 unspecified atom stereocenters. The molecule has 3 aromatic heterocycles. The summed E-state index contributed by atoms with van der Waals surface area (Å²) in [6.45, 7) is 0. The molecule has 0 N–H and O–H groups in total. The molecular weight excluding hydrogens is 669 g/mol. The zero-order valence-electron chi connectivity index (χ0n) is 29.8. The Hall–Kier alpha value is -7.36. The fourth-order valence-electron chi connectivity index (χ4n) is 9.10. The Labute approximate surface area is 316 Å². The van der Waals surface area contributed by atoms with E-state index < -0.39 is 0 Å². The van der Waals surface area contributed by atoms with Crippen molar-refractivity contribution in [3.05, 3.63) is 194 Å². The van der Waals surface area contributed by atoms with E-state index in [9.17, 15) is 0 Å². The number of rotatable bonds is 4. The standard InChI is InChI=1S/C52H32N2O/c1-3-14-33(15-4-1)50-38-19-8-7-16-36(38)32-48-51(50)43-31-35(27-29-46(43)53(48)37-17-5-2-6-18-37)34-26-28-45-42(30-34)39-20-9-11-23-44(39)54(45)47-24-13-22-41-40-21-10-12-25-49(40)55-52(41)47/h1-32H. The summed E-state index contributed by atoms with van der Waals surface area (Å²) in [4.78, 5) is 0. The molecule has 0 saturated carbocycles. The summed E-state index contributed by atoms with van der Waals surface area (Å²) in [5, 5.41) is 9.68. The minimum Gasteiger partial charge on any atom is -0.454 e. The molecule has 0 atom stereocenters. The molecule has 0 aliphatic carbocycles. The van der Waals surface area contributed by atoms with Gasteiger partial charge in [-0.05, 0) is 93.7 Å². The molecule has 256 valence electrons. The van der Waals surface area contributed by atoms with Crippen molar-refractivity contribution in [3.63, 3.8) is 0 Å². The van der Waals surface area contributed by atoms with Gasteiger partial charge in [0.05, 0.1) is 27.8 Å². The molecule has 12 rings (SSSR count). The highest BCUT2D eigenvalue weighted by Crippen LogP contribution is 2.45. The van der Waals surface area contributed by atoms with E-state index in [4.69, 9.17) is 4.42 Å². The summed E-state index contributed by atoms with van der Waals surface area (Å²) in [5.74, 6) is 0. The topological polar surface area (TPSA) is 23.0 Å². The average Bonchev–Trinajstić information content (AvgIpc) is 3.90. The van der Waals surface area contributed by atoms with Crippen LogP contribution in [0.3, 0.4) is 0 Å². The van der Waals surface area contributed by atoms with Gasteiger partial charge >= 0.3 is 0 Å². The van der Waals surface area contributed by atoms with Crippen LogP contribution in [-0.4, -0.2) is 9.13 Å². The molecule has 0 bridgehead atoms. The van der Waals surface area contributed by atoms with Crippen LogP contribution in [0.15, 0.2) is 199 Å². The molecule has 0 amide bonds. The van der Waals surface area contributed by atoms with Crippen molar-refractivity contribution in [1.82, 2.24) is 9.13 Å². The van der Waals surface area contributed by atoms with E-state index in [1.165, 1.54) is 65.6 Å². The normalized spacial score (nSPS) is 12.0. The van der Waals surface area contributed by atoms with Crippen molar-refractivity contribution >= 4 is 76.3 Å². The number of aromatic nitrogens is 2. The van der Waals surface area contributed by atoms with Crippen molar-refractivity contribution in [2.45, 2.75) is 0 Å². The summed E-state index contributed by atoms with van der Waals surface area (Å²) < 4.78 is 11.4. The first kappa shape index (κ1) is 30.1. The Morgan fingerprint density at radius 1 is 0.345 bits per heavy atom. The number of benzene rings is 9. The second kappa shape index (κ2) is 11.6. The maximum absolute atomic E-state index is 6.55. The SMILES string of the molecule is c1ccc(-c2c3ccccc3cc3c2c2cc(-c4ccc5c(c4)c4ccccc4n5-c4cccc5c4oc4ccccc45)ccc2n3-c2ccccc2)cc1. The van der Waals surface area contributed by atoms with Crippen LogP contribution in [-0.2, 0) is 0 Å². The zero-order chi connectivity index (χ0) is 36.0. The largest absolute Gasteiger partial charge is 0.454 e. The van der Waals surface area contributed by atoms with Gasteiger partial charge in [-0.1, -0.05) is 133 Å². The molecule has 12 aromatic rings. The quantitative estimate of drug-likeness (QED) is 0.179. The third kappa shape index (κ3) is 4.38. The summed E-state index contributed by atoms with van der Waals surface area (Å²) in [6, 6.07) is 70.3. The van der Waals surface area contributed by atoms with Gasteiger partial charge in [-0.2, -0.15) is 0 Å². The highest BCUT2D eigenvalue weighted by Gasteiger charge is 2.21. The smallest absolute Gasteiger partial charge is 0.159 e. The van der Waals surface area contributed by atoms with E-state index in [1.54, 1.807) is 0 Å². The second-order valence-corrected chi connectivity index (χ2v) is 14.5. The predicted octanol–water partition coefficient (Wildman–Crippen LogP) is 14.3. The van der Waals surface area contributed by atoms with Crippen LogP contribution in [0.1, 0.15) is 0 Å². The predicted molar refractivity (Wildman–Crippen MR) is 231 cm³/mol. The van der Waals surface area contributed by atoms with Crippen LogP contribution < -0.4 is 0 Å². The van der Waals surface area contributed by atoms with Crippen LogP contribution >= 0.6 is 0 Å². The minimum absolute atomic E-state index is 0.900. The number of fused-ring (bicyclic) bond motifs is 10. The Kier molecular flexibility index (Phi) is 6.34. The molecule has 0 fully saturated rings. The van der Waals surface area contributed by atoms with Gasteiger partial charge in [0.1, 0.15) is 5.58 Å². The molecule has 0 radical (unpaired) electrons. The number of para-hydroxylation sites is 4. The van der Waals surface area contributed by atoms with Crippen molar-refractivity contribution in [2.24, 2.45) is 0 Å². The molecule has 0 aliphatic heterocycles. The zero-order valence-corrected chi connectivity index (χ0v) is 29.8. The molecule has 0 spiro atoms. The lowest BCUT2D eigenvalue weighted by Gasteiger charge is -2.12. The van der Waals surface area contributed by atoms with E-state index in [0.29, 0.717) is 0 Å². The summed E-state index contributed by atoms with van der Waals surface area (Å²) in [6.07, 6.45) is 0. The van der Waals surface area contributed by atoms with Gasteiger partial charge < -0.3 is 13.6 Å². The van der Waals surface area contributed by atoms with Crippen molar-refractivity contribution in [3.8, 4) is 33.6 Å². The fourth-order valence-corrected chi connectivity index (χ4v) is 9.10. The minimum atomic E-state index is 0.900. The van der Waals surface area contributed by atoms with Gasteiger partial charge in [-0.15, -0.1) is 0 Å². The van der Waals surface area contributed by atoms with E-state index in [0.717, 1.165) is 44.3 Å². The first-order valence-electron chi connectivity index (χ1n) is 18.9. The average molecular weight is 701 g/mol. The highest BCUT2D eigenvalue weighted by molar-refractivity contribution is 6.23. The van der Waals surface area contributed by atoms with Gasteiger partial charge in [0.2, 0.25) is 0 Å². The van der Waals surface area contributed by atoms with Crippen molar-refractivity contribution in [2.75, 3.05) is 0 Å². The van der Waals surface area contributed by atoms with Gasteiger partial charge in [-0.25, -0.2) is 0 Å². The molecular formula is C52H32N2O. The van der Waals surface area contributed by atoms with Crippen LogP contribution in [0.2, 0.25) is 0 Å². The Morgan fingerprint density at radius 3 is 1.78 bits per heavy atom. The van der Waals surface area contributed by atoms with Crippen LogP contribution in [0.25, 0.3) is 110 Å². The first-order chi connectivity index (χ1) is 27.3. The Balaban J connectivity index is 1.13. The molecule has 55 heavy (non-hydrogen) atoms. The summed E-state index contributed by atoms with van der Waals surface area (Å²) in [7, 11) is 0. The Bertz CT molecular complexity index is 3470. The number of nitrogens with zero attached hydrogens (tertiary/aromatic N) is 2. The van der Waals surface area contributed by atoms with Crippen LogP contribution in [0, 0.1) is 0 Å². The first-order valence-corrected chi connectivity index (χ1v) is 18.9. The van der Waals surface area contributed by atoms with Gasteiger partial charge in [-0.3, -0.25) is 0 Å². The third-order valence-corrected chi connectivity index (χ3v) is 11.5. The van der Waals surface area contributed by atoms with Crippen molar-refractivity contribution < 1.29 is 4.42 Å². The Morgan fingerprint density at radius 2 is 0.964 bits per heavy atom. The molecule has 9 aromatic carbocycles. The van der Waals surface area contributed by atoms with Gasteiger partial charge in [0, 0.05) is 38.0 Å². The van der Waals surface area contributed by atoms with E-state index in [-0.39, 0.29) is 0 Å². The maximum atomic E-state index is 6.55. The van der Waals surface area contributed by atoms with Crippen molar-refractivity contribution in [1.29, 1.82) is 0 Å². The molecule has 0 saturated heterocycles. The van der Waals surface area contributed by atoms with Crippen LogP contribution in [0.5, 0.6) is 0 Å². The molecule has 3 nitrogen and oxygen atoms in total. The number of hydrogen-bond acceptors (Lipinski definition) is 1. The van der Waals surface area contributed by atoms with E-state index in [1.807, 2.05) is 6.07 Å². The summed E-state index contributed by atoms with van der Waals surface area (Å²) in [5.41, 5.74) is 13.6.